The summed E-state index contributed by atoms with van der Waals surface area (Å²) in [5, 5.41) is 0. The van der Waals surface area contributed by atoms with E-state index in [0.717, 1.165) is 4.90 Å². The van der Waals surface area contributed by atoms with Crippen LogP contribution in [0.2, 0.25) is 0 Å². The zero-order chi connectivity index (χ0) is 23.6. The number of fused-ring (bicyclic) bond motifs is 2. The van der Waals surface area contributed by atoms with Crippen molar-refractivity contribution in [2.24, 2.45) is 5.73 Å². The van der Waals surface area contributed by atoms with Gasteiger partial charge >= 0.3 is 17.9 Å². The summed E-state index contributed by atoms with van der Waals surface area (Å²) < 4.78 is 20.7. The van der Waals surface area contributed by atoms with E-state index in [1.165, 1.54) is 14.0 Å². The lowest BCUT2D eigenvalue weighted by Crippen LogP contribution is -2.50. The van der Waals surface area contributed by atoms with Crippen LogP contribution in [0.4, 0.5) is 0 Å². The topological polar surface area (TPSA) is 134 Å². The molecule has 2 aliphatic heterocycles. The fourth-order valence-electron chi connectivity index (χ4n) is 4.05. The Morgan fingerprint density at radius 1 is 1.06 bits per heavy atom. The molecule has 3 rings (SSSR count). The Morgan fingerprint density at radius 2 is 1.66 bits per heavy atom. The molecule has 1 aromatic carbocycles. The van der Waals surface area contributed by atoms with E-state index in [4.69, 9.17) is 24.7 Å². The molecule has 2 aliphatic rings. The molecule has 10 heteroatoms. The van der Waals surface area contributed by atoms with Crippen molar-refractivity contribution in [2.75, 3.05) is 26.9 Å². The number of para-hydroxylation sites is 1. The van der Waals surface area contributed by atoms with Crippen molar-refractivity contribution in [1.29, 1.82) is 0 Å². The minimum absolute atomic E-state index is 0.00909. The van der Waals surface area contributed by atoms with Gasteiger partial charge in [0.25, 0.3) is 0 Å². The average molecular weight is 444 g/mol. The first-order valence-corrected chi connectivity index (χ1v) is 9.97. The molecule has 32 heavy (non-hydrogen) atoms. The first kappa shape index (κ1) is 22.9. The van der Waals surface area contributed by atoms with Crippen LogP contribution in [0.25, 0.3) is 0 Å². The summed E-state index contributed by atoms with van der Waals surface area (Å²) in [7, 11) is 1.18. The number of ether oxygens (including phenoxy) is 4. The number of carbonyl (C=O) groups is 4. The second-order valence-electron chi connectivity index (χ2n) is 6.96. The van der Waals surface area contributed by atoms with Gasteiger partial charge in [0.15, 0.2) is 0 Å². The van der Waals surface area contributed by atoms with E-state index in [-0.39, 0.29) is 47.3 Å². The number of amides is 1. The van der Waals surface area contributed by atoms with Crippen molar-refractivity contribution in [3.63, 3.8) is 0 Å². The minimum Gasteiger partial charge on any atom is -0.468 e. The molecule has 1 aromatic rings. The monoisotopic (exact) mass is 444 g/mol. The van der Waals surface area contributed by atoms with Gasteiger partial charge in [0.2, 0.25) is 11.8 Å². The molecule has 0 aromatic heterocycles. The Labute approximate surface area is 184 Å². The van der Waals surface area contributed by atoms with Gasteiger partial charge in [0, 0.05) is 11.3 Å². The quantitative estimate of drug-likeness (QED) is 0.501. The van der Waals surface area contributed by atoms with Gasteiger partial charge < -0.3 is 29.6 Å². The largest absolute Gasteiger partial charge is 0.468 e. The number of carbonyl (C=O) groups excluding carboxylic acids is 4. The summed E-state index contributed by atoms with van der Waals surface area (Å²) in [6.07, 6.45) is 0. The second kappa shape index (κ2) is 8.74. The molecule has 2 heterocycles. The highest BCUT2D eigenvalue weighted by Gasteiger charge is 2.64. The lowest BCUT2D eigenvalue weighted by atomic mass is 9.67. The molecule has 0 radical (unpaired) electrons. The van der Waals surface area contributed by atoms with Crippen LogP contribution in [0.5, 0.6) is 5.75 Å². The third kappa shape index (κ3) is 3.28. The van der Waals surface area contributed by atoms with Gasteiger partial charge in [-0.1, -0.05) is 18.2 Å². The lowest BCUT2D eigenvalue weighted by Gasteiger charge is -2.36. The van der Waals surface area contributed by atoms with Crippen molar-refractivity contribution in [1.82, 2.24) is 4.90 Å². The Morgan fingerprint density at radius 3 is 2.25 bits per heavy atom. The highest BCUT2D eigenvalue weighted by Crippen LogP contribution is 2.54. The average Bonchev–Trinajstić information content (AvgIpc) is 2.96. The summed E-state index contributed by atoms with van der Waals surface area (Å²) in [5.41, 5.74) is 3.94. The SMILES string of the molecule is CCOC(=O)C1=C(N)Oc2ccccc2[C@]12C(=O)N(CC(=O)OC)C(C)=C2C(=O)OCC. The molecule has 0 aliphatic carbocycles. The number of hydrogen-bond acceptors (Lipinski definition) is 9. The summed E-state index contributed by atoms with van der Waals surface area (Å²) >= 11 is 0. The van der Waals surface area contributed by atoms with E-state index in [9.17, 15) is 19.2 Å². The molecular weight excluding hydrogens is 420 g/mol. The van der Waals surface area contributed by atoms with Gasteiger partial charge in [-0.25, -0.2) is 9.59 Å². The number of nitrogens with zero attached hydrogens (tertiary/aromatic N) is 1. The van der Waals surface area contributed by atoms with Gasteiger partial charge in [0.05, 0.1) is 25.9 Å². The number of benzene rings is 1. The van der Waals surface area contributed by atoms with Crippen molar-refractivity contribution < 1.29 is 38.1 Å². The van der Waals surface area contributed by atoms with Gasteiger partial charge in [-0.05, 0) is 26.8 Å². The summed E-state index contributed by atoms with van der Waals surface area (Å²) in [6.45, 7) is 4.21. The van der Waals surface area contributed by atoms with Gasteiger partial charge in [0.1, 0.15) is 23.3 Å². The Balaban J connectivity index is 2.40. The molecule has 170 valence electrons. The van der Waals surface area contributed by atoms with E-state index in [1.807, 2.05) is 0 Å². The second-order valence-corrected chi connectivity index (χ2v) is 6.96. The predicted molar refractivity (Wildman–Crippen MR) is 110 cm³/mol. The van der Waals surface area contributed by atoms with Crippen molar-refractivity contribution in [3.05, 3.63) is 52.6 Å². The molecule has 1 atom stereocenters. The predicted octanol–water partition coefficient (Wildman–Crippen LogP) is 0.902. The fraction of sp³-hybridized carbons (Fsp3) is 0.364. The number of methoxy groups -OCH3 is 1. The maximum Gasteiger partial charge on any atom is 0.341 e. The molecule has 2 N–H and O–H groups in total. The number of rotatable bonds is 6. The van der Waals surface area contributed by atoms with Crippen molar-refractivity contribution >= 4 is 23.8 Å². The smallest absolute Gasteiger partial charge is 0.341 e. The van der Waals surface area contributed by atoms with E-state index < -0.39 is 35.8 Å². The molecule has 0 saturated carbocycles. The van der Waals surface area contributed by atoms with Crippen LogP contribution >= 0.6 is 0 Å². The number of esters is 3. The van der Waals surface area contributed by atoms with Crippen LogP contribution in [-0.2, 0) is 38.8 Å². The third-order valence-electron chi connectivity index (χ3n) is 5.31. The van der Waals surface area contributed by atoms with E-state index in [1.54, 1.807) is 38.1 Å². The summed E-state index contributed by atoms with van der Waals surface area (Å²) in [5.74, 6) is -3.43. The van der Waals surface area contributed by atoms with Crippen molar-refractivity contribution in [2.45, 2.75) is 26.2 Å². The molecule has 0 saturated heterocycles. The molecule has 1 amide bonds. The standard InChI is InChI=1S/C22H24N2O8/c1-5-30-19(26)16-12(3)24(11-15(25)29-4)21(28)22(16)13-9-7-8-10-14(13)32-18(23)17(22)20(27)31-6-2/h7-10H,5-6,11,23H2,1-4H3/t22-/m1/s1. The fourth-order valence-corrected chi connectivity index (χ4v) is 4.05. The van der Waals surface area contributed by atoms with E-state index in [2.05, 4.69) is 0 Å². The number of nitrogens with two attached hydrogens (primary N) is 1. The van der Waals surface area contributed by atoms with Gasteiger partial charge in [-0.2, -0.15) is 0 Å². The van der Waals surface area contributed by atoms with Crippen LogP contribution in [-0.4, -0.2) is 55.6 Å². The summed E-state index contributed by atoms with van der Waals surface area (Å²) in [6, 6.07) is 6.39. The third-order valence-corrected chi connectivity index (χ3v) is 5.31. The van der Waals surface area contributed by atoms with Crippen LogP contribution < -0.4 is 10.5 Å². The Bertz CT molecular complexity index is 1060. The van der Waals surface area contributed by atoms with Crippen LogP contribution in [0.15, 0.2) is 47.0 Å². The Kier molecular flexibility index (Phi) is 6.24. The zero-order valence-electron chi connectivity index (χ0n) is 18.2. The van der Waals surface area contributed by atoms with Crippen LogP contribution in [0, 0.1) is 0 Å². The van der Waals surface area contributed by atoms with Crippen LogP contribution in [0.3, 0.4) is 0 Å². The molecule has 0 fully saturated rings. The molecule has 0 bridgehead atoms. The number of allylic oxidation sites excluding steroid dienone is 1. The van der Waals surface area contributed by atoms with Crippen molar-refractivity contribution in [3.8, 4) is 5.75 Å². The molecule has 10 nitrogen and oxygen atoms in total. The first-order chi connectivity index (χ1) is 15.2. The first-order valence-electron chi connectivity index (χ1n) is 9.97. The molecular formula is C22H24N2O8. The highest BCUT2D eigenvalue weighted by molar-refractivity contribution is 6.17. The summed E-state index contributed by atoms with van der Waals surface area (Å²) in [4.78, 5) is 53.4. The maximum absolute atomic E-state index is 14.0. The molecule has 0 unspecified atom stereocenters. The molecule has 1 spiro atoms. The highest BCUT2D eigenvalue weighted by atomic mass is 16.5. The van der Waals surface area contributed by atoms with E-state index >= 15 is 0 Å². The minimum atomic E-state index is -2.02. The normalized spacial score (nSPS) is 19.6. The van der Waals surface area contributed by atoms with Gasteiger partial charge in [-0.3, -0.25) is 9.59 Å². The van der Waals surface area contributed by atoms with Gasteiger partial charge in [-0.15, -0.1) is 0 Å². The zero-order valence-corrected chi connectivity index (χ0v) is 18.2. The lowest BCUT2D eigenvalue weighted by molar-refractivity contribution is -0.147. The van der Waals surface area contributed by atoms with E-state index in [0.29, 0.717) is 0 Å². The number of hydrogen-bond donors (Lipinski definition) is 1. The Hall–Kier alpha value is -3.82. The maximum atomic E-state index is 14.0. The van der Waals surface area contributed by atoms with Crippen LogP contribution in [0.1, 0.15) is 26.3 Å².